The number of carbonyl (C=O) groups is 2. The van der Waals surface area contributed by atoms with Gasteiger partial charge in [0.2, 0.25) is 0 Å². The number of ether oxygens (including phenoxy) is 2. The van der Waals surface area contributed by atoms with E-state index in [9.17, 15) is 14.7 Å². The van der Waals surface area contributed by atoms with E-state index >= 15 is 0 Å². The highest BCUT2D eigenvalue weighted by molar-refractivity contribution is 5.79. The maximum absolute atomic E-state index is 13.0. The molecule has 0 aliphatic heterocycles. The van der Waals surface area contributed by atoms with E-state index in [0.29, 0.717) is 13.0 Å². The topological polar surface area (TPSA) is 72.8 Å². The fraction of sp³-hybridized carbons (Fsp3) is 0.481. The van der Waals surface area contributed by atoms with Crippen LogP contribution in [-0.2, 0) is 19.1 Å². The van der Waals surface area contributed by atoms with Crippen molar-refractivity contribution in [1.82, 2.24) is 0 Å². The summed E-state index contributed by atoms with van der Waals surface area (Å²) < 4.78 is 11.4. The molecule has 0 aromatic heterocycles. The van der Waals surface area contributed by atoms with Crippen LogP contribution in [0.3, 0.4) is 0 Å². The summed E-state index contributed by atoms with van der Waals surface area (Å²) in [5.74, 6) is -1.45. The normalized spacial score (nSPS) is 22.3. The second kappa shape index (κ2) is 9.86. The Morgan fingerprint density at radius 2 is 1.59 bits per heavy atom. The van der Waals surface area contributed by atoms with Crippen LogP contribution in [0.2, 0.25) is 0 Å². The second-order valence-corrected chi connectivity index (χ2v) is 9.15. The van der Waals surface area contributed by atoms with Gasteiger partial charge in [0.05, 0.1) is 17.9 Å². The minimum atomic E-state index is -0.839. The largest absolute Gasteiger partial charge is 0.481 e. The molecule has 0 saturated heterocycles. The first-order valence-electron chi connectivity index (χ1n) is 11.6. The Morgan fingerprint density at radius 3 is 2.19 bits per heavy atom. The highest BCUT2D eigenvalue weighted by atomic mass is 16.5. The standard InChI is InChI=1S/C27H32O5/c1-17(26(28)29)25(31-2)18-8-7-9-19(15-14-18)27(30)32-16-24-22-12-5-3-10-20(22)21-11-4-6-13-23(21)24/h3-6,10-13,17-19,24-25H,7-9,14-16H2,1-2H3,(H,28,29)/t17-,18-,19?,25-/m1/s1. The van der Waals surface area contributed by atoms with Crippen LogP contribution in [0.1, 0.15) is 56.1 Å². The Labute approximate surface area is 189 Å². The third kappa shape index (κ3) is 4.44. The molecule has 2 aliphatic rings. The zero-order valence-corrected chi connectivity index (χ0v) is 18.8. The molecule has 1 fully saturated rings. The average Bonchev–Trinajstić information content (AvgIpc) is 2.94. The number of esters is 1. The van der Waals surface area contributed by atoms with E-state index in [1.807, 2.05) is 24.3 Å². The lowest BCUT2D eigenvalue weighted by Gasteiger charge is -2.28. The number of hydrogen-bond acceptors (Lipinski definition) is 4. The van der Waals surface area contributed by atoms with Gasteiger partial charge in [0.15, 0.2) is 0 Å². The van der Waals surface area contributed by atoms with E-state index < -0.39 is 11.9 Å². The Morgan fingerprint density at radius 1 is 0.969 bits per heavy atom. The average molecular weight is 437 g/mol. The lowest BCUT2D eigenvalue weighted by atomic mass is 9.86. The van der Waals surface area contributed by atoms with Crippen molar-refractivity contribution in [2.24, 2.45) is 17.8 Å². The number of carboxylic acid groups (broad SMARTS) is 1. The van der Waals surface area contributed by atoms with Gasteiger partial charge in [0, 0.05) is 13.0 Å². The van der Waals surface area contributed by atoms with Crippen molar-refractivity contribution >= 4 is 11.9 Å². The second-order valence-electron chi connectivity index (χ2n) is 9.15. The van der Waals surface area contributed by atoms with Crippen molar-refractivity contribution in [2.75, 3.05) is 13.7 Å². The first kappa shape index (κ1) is 22.5. The van der Waals surface area contributed by atoms with Crippen LogP contribution in [0.4, 0.5) is 0 Å². The Balaban J connectivity index is 1.39. The quantitative estimate of drug-likeness (QED) is 0.473. The molecule has 2 aliphatic carbocycles. The number of methoxy groups -OCH3 is 1. The lowest BCUT2D eigenvalue weighted by Crippen LogP contribution is -2.34. The van der Waals surface area contributed by atoms with Crippen LogP contribution >= 0.6 is 0 Å². The number of aliphatic carboxylic acids is 1. The first-order chi connectivity index (χ1) is 15.5. The van der Waals surface area contributed by atoms with Crippen LogP contribution < -0.4 is 0 Å². The highest BCUT2D eigenvalue weighted by Crippen LogP contribution is 2.44. The molecule has 170 valence electrons. The molecule has 0 bridgehead atoms. The molecule has 0 spiro atoms. The molecular formula is C27H32O5. The van der Waals surface area contributed by atoms with Gasteiger partial charge < -0.3 is 14.6 Å². The minimum Gasteiger partial charge on any atom is -0.481 e. The molecule has 4 atom stereocenters. The summed E-state index contributed by atoms with van der Waals surface area (Å²) in [6.07, 6.45) is 3.72. The first-order valence-corrected chi connectivity index (χ1v) is 11.6. The summed E-state index contributed by atoms with van der Waals surface area (Å²) in [6, 6.07) is 16.7. The fourth-order valence-corrected chi connectivity index (χ4v) is 5.56. The maximum Gasteiger partial charge on any atom is 0.308 e. The monoisotopic (exact) mass is 436 g/mol. The van der Waals surface area contributed by atoms with Crippen molar-refractivity contribution in [2.45, 2.75) is 51.0 Å². The number of fused-ring (bicyclic) bond motifs is 3. The lowest BCUT2D eigenvalue weighted by molar-refractivity contribution is -0.150. The number of hydrogen-bond donors (Lipinski definition) is 1. The predicted octanol–water partition coefficient (Wildman–Crippen LogP) is 5.27. The number of benzene rings is 2. The van der Waals surface area contributed by atoms with Gasteiger partial charge in [-0.2, -0.15) is 0 Å². The fourth-order valence-electron chi connectivity index (χ4n) is 5.56. The van der Waals surface area contributed by atoms with E-state index in [0.717, 1.165) is 25.7 Å². The summed E-state index contributed by atoms with van der Waals surface area (Å²) in [6.45, 7) is 2.05. The molecule has 5 nitrogen and oxygen atoms in total. The van der Waals surface area contributed by atoms with Gasteiger partial charge in [-0.1, -0.05) is 55.0 Å². The number of rotatable bonds is 7. The van der Waals surface area contributed by atoms with Crippen molar-refractivity contribution in [3.05, 3.63) is 59.7 Å². The minimum absolute atomic E-state index is 0.0687. The molecule has 4 rings (SSSR count). The summed E-state index contributed by atoms with van der Waals surface area (Å²) in [5.41, 5.74) is 4.88. The van der Waals surface area contributed by atoms with Crippen molar-refractivity contribution in [1.29, 1.82) is 0 Å². The molecule has 1 N–H and O–H groups in total. The summed E-state index contributed by atoms with van der Waals surface area (Å²) in [5, 5.41) is 9.38. The van der Waals surface area contributed by atoms with Gasteiger partial charge in [0.1, 0.15) is 6.61 Å². The van der Waals surface area contributed by atoms with Gasteiger partial charge in [-0.3, -0.25) is 9.59 Å². The Kier molecular flexibility index (Phi) is 6.95. The summed E-state index contributed by atoms with van der Waals surface area (Å²) >= 11 is 0. The highest BCUT2D eigenvalue weighted by Gasteiger charge is 2.35. The molecule has 0 amide bonds. The zero-order valence-electron chi connectivity index (χ0n) is 18.8. The van der Waals surface area contributed by atoms with Gasteiger partial charge >= 0.3 is 11.9 Å². The van der Waals surface area contributed by atoms with Gasteiger partial charge in [-0.05, 0) is 60.8 Å². The zero-order chi connectivity index (χ0) is 22.7. The molecule has 32 heavy (non-hydrogen) atoms. The van der Waals surface area contributed by atoms with Crippen LogP contribution in [0.15, 0.2) is 48.5 Å². The van der Waals surface area contributed by atoms with E-state index in [2.05, 4.69) is 24.3 Å². The Bertz CT molecular complexity index is 923. The summed E-state index contributed by atoms with van der Waals surface area (Å²) in [4.78, 5) is 24.4. The molecule has 2 aromatic rings. The maximum atomic E-state index is 13.0. The number of carboxylic acids is 1. The van der Waals surface area contributed by atoms with Gasteiger partial charge in [-0.15, -0.1) is 0 Å². The molecule has 5 heteroatoms. The third-order valence-electron chi connectivity index (χ3n) is 7.32. The van der Waals surface area contributed by atoms with Crippen LogP contribution in [0, 0.1) is 17.8 Å². The van der Waals surface area contributed by atoms with Crippen molar-refractivity contribution < 1.29 is 24.2 Å². The molecule has 2 aromatic carbocycles. The third-order valence-corrected chi connectivity index (χ3v) is 7.32. The van der Waals surface area contributed by atoms with Crippen LogP contribution in [0.25, 0.3) is 11.1 Å². The molecule has 1 unspecified atom stereocenters. The van der Waals surface area contributed by atoms with E-state index in [1.165, 1.54) is 22.3 Å². The van der Waals surface area contributed by atoms with Gasteiger partial charge in [-0.25, -0.2) is 0 Å². The molecular weight excluding hydrogens is 404 g/mol. The van der Waals surface area contributed by atoms with Crippen molar-refractivity contribution in [3.63, 3.8) is 0 Å². The molecule has 0 radical (unpaired) electrons. The molecule has 1 saturated carbocycles. The van der Waals surface area contributed by atoms with Crippen LogP contribution in [-0.4, -0.2) is 36.9 Å². The molecule has 0 heterocycles. The Hall–Kier alpha value is -2.66. The smallest absolute Gasteiger partial charge is 0.308 e. The predicted molar refractivity (Wildman–Crippen MR) is 122 cm³/mol. The van der Waals surface area contributed by atoms with Gasteiger partial charge in [0.25, 0.3) is 0 Å². The summed E-state index contributed by atoms with van der Waals surface area (Å²) in [7, 11) is 1.58. The van der Waals surface area contributed by atoms with Crippen LogP contribution in [0.5, 0.6) is 0 Å². The van der Waals surface area contributed by atoms with E-state index in [1.54, 1.807) is 14.0 Å². The van der Waals surface area contributed by atoms with E-state index in [-0.39, 0.29) is 29.8 Å². The number of carbonyl (C=O) groups excluding carboxylic acids is 1. The van der Waals surface area contributed by atoms with E-state index in [4.69, 9.17) is 9.47 Å². The van der Waals surface area contributed by atoms with Crippen molar-refractivity contribution in [3.8, 4) is 11.1 Å². The SMILES string of the molecule is CO[C@@H]([C@@H]1CCCC(C(=O)OCC2c3ccccc3-c3ccccc32)CC1)[C@@H](C)C(=O)O.